The van der Waals surface area contributed by atoms with Crippen molar-refractivity contribution in [1.82, 2.24) is 14.5 Å². The summed E-state index contributed by atoms with van der Waals surface area (Å²) in [6, 6.07) is 36.7. The van der Waals surface area contributed by atoms with Crippen molar-refractivity contribution in [3.63, 3.8) is 0 Å². The zero-order valence-corrected chi connectivity index (χ0v) is 21.2. The first-order valence-corrected chi connectivity index (χ1v) is 13.2. The minimum Gasteiger partial charge on any atom is -0.445 e. The summed E-state index contributed by atoms with van der Waals surface area (Å²) in [6.07, 6.45) is 7.11. The van der Waals surface area contributed by atoms with Crippen LogP contribution in [0.15, 0.2) is 126 Å². The van der Waals surface area contributed by atoms with Crippen molar-refractivity contribution in [3.8, 4) is 17.3 Å². The predicted octanol–water partition coefficient (Wildman–Crippen LogP) is 8.40. The second-order valence-electron chi connectivity index (χ2n) is 9.89. The average Bonchev–Trinajstić information content (AvgIpc) is 3.60. The second-order valence-corrected chi connectivity index (χ2v) is 9.89. The molecule has 0 amide bonds. The third-order valence-electron chi connectivity index (χ3n) is 7.70. The molecule has 8 rings (SSSR count). The van der Waals surface area contributed by atoms with E-state index in [1.165, 1.54) is 27.6 Å². The summed E-state index contributed by atoms with van der Waals surface area (Å²) < 4.78 is 7.93. The first-order chi connectivity index (χ1) is 19.3. The standard InChI is InChI=1S/C34H24N4O/c1-3-9-29-23(7-1)12-13-24-14-15-25(34-36-19-20-39-34)21-31(24)37(29)26-16-17-28-27-8-2-4-10-30(27)38(32(28)22-26)33-11-5-6-18-35-33/h1-11,14-22H,12-13H2. The van der Waals surface area contributed by atoms with Crippen LogP contribution < -0.4 is 4.90 Å². The number of aryl methyl sites for hydroxylation is 2. The zero-order valence-electron chi connectivity index (χ0n) is 21.2. The van der Waals surface area contributed by atoms with Crippen molar-refractivity contribution in [3.05, 3.63) is 133 Å². The Kier molecular flexibility index (Phi) is 4.88. The molecule has 186 valence electrons. The molecule has 5 heteroatoms. The topological polar surface area (TPSA) is 47.1 Å². The quantitative estimate of drug-likeness (QED) is 0.242. The molecule has 4 heterocycles. The van der Waals surface area contributed by atoms with Crippen molar-refractivity contribution in [2.24, 2.45) is 0 Å². The molecule has 0 unspecified atom stereocenters. The van der Waals surface area contributed by atoms with E-state index in [4.69, 9.17) is 9.40 Å². The van der Waals surface area contributed by atoms with Crippen LogP contribution in [0.4, 0.5) is 17.1 Å². The summed E-state index contributed by atoms with van der Waals surface area (Å²) in [5.74, 6) is 1.53. The van der Waals surface area contributed by atoms with Crippen molar-refractivity contribution < 1.29 is 4.42 Å². The van der Waals surface area contributed by atoms with Gasteiger partial charge in [0.1, 0.15) is 12.1 Å². The van der Waals surface area contributed by atoms with Crippen LogP contribution in [-0.4, -0.2) is 14.5 Å². The molecule has 7 aromatic rings. The van der Waals surface area contributed by atoms with E-state index < -0.39 is 0 Å². The Hall–Kier alpha value is -5.16. The summed E-state index contributed by atoms with van der Waals surface area (Å²) in [5, 5.41) is 2.42. The van der Waals surface area contributed by atoms with Crippen LogP contribution in [0.1, 0.15) is 11.1 Å². The maximum Gasteiger partial charge on any atom is 0.225 e. The Labute approximate surface area is 225 Å². The minimum absolute atomic E-state index is 0.626. The fourth-order valence-corrected chi connectivity index (χ4v) is 5.93. The van der Waals surface area contributed by atoms with Crippen LogP contribution in [0.25, 0.3) is 39.1 Å². The van der Waals surface area contributed by atoms with Crippen LogP contribution in [0, 0.1) is 0 Å². The largest absolute Gasteiger partial charge is 0.445 e. The molecule has 1 aliphatic rings. The minimum atomic E-state index is 0.626. The van der Waals surface area contributed by atoms with Gasteiger partial charge in [0, 0.05) is 33.9 Å². The molecule has 5 nitrogen and oxygen atoms in total. The number of fused-ring (bicyclic) bond motifs is 5. The molecule has 39 heavy (non-hydrogen) atoms. The molecule has 0 saturated carbocycles. The average molecular weight is 505 g/mol. The molecule has 0 fully saturated rings. The number of anilines is 3. The summed E-state index contributed by atoms with van der Waals surface area (Å²) >= 11 is 0. The molecular weight excluding hydrogens is 480 g/mol. The highest BCUT2D eigenvalue weighted by Gasteiger charge is 2.24. The maximum absolute atomic E-state index is 5.67. The Morgan fingerprint density at radius 3 is 2.31 bits per heavy atom. The van der Waals surface area contributed by atoms with Gasteiger partial charge < -0.3 is 9.32 Å². The van der Waals surface area contributed by atoms with E-state index >= 15 is 0 Å². The highest BCUT2D eigenvalue weighted by molar-refractivity contribution is 6.10. The fourth-order valence-electron chi connectivity index (χ4n) is 5.93. The third-order valence-corrected chi connectivity index (χ3v) is 7.70. The van der Waals surface area contributed by atoms with Gasteiger partial charge in [0.25, 0.3) is 0 Å². The van der Waals surface area contributed by atoms with E-state index in [9.17, 15) is 0 Å². The zero-order chi connectivity index (χ0) is 25.8. The summed E-state index contributed by atoms with van der Waals surface area (Å²) in [4.78, 5) is 11.5. The Balaban J connectivity index is 1.41. The lowest BCUT2D eigenvalue weighted by Gasteiger charge is -2.28. The smallest absolute Gasteiger partial charge is 0.225 e. The van der Waals surface area contributed by atoms with E-state index in [-0.39, 0.29) is 0 Å². The number of hydrogen-bond donors (Lipinski definition) is 0. The molecule has 4 aromatic carbocycles. The lowest BCUT2D eigenvalue weighted by Crippen LogP contribution is -2.12. The highest BCUT2D eigenvalue weighted by Crippen LogP contribution is 2.44. The monoisotopic (exact) mass is 504 g/mol. The van der Waals surface area contributed by atoms with Gasteiger partial charge >= 0.3 is 0 Å². The molecule has 0 N–H and O–H groups in total. The van der Waals surface area contributed by atoms with Gasteiger partial charge in [-0.1, -0.05) is 54.6 Å². The fraction of sp³-hybridized carbons (Fsp3) is 0.0588. The van der Waals surface area contributed by atoms with Gasteiger partial charge in [0.15, 0.2) is 0 Å². The number of benzene rings is 4. The lowest BCUT2D eigenvalue weighted by atomic mass is 10.0. The summed E-state index contributed by atoms with van der Waals surface area (Å²) in [5.41, 5.74) is 9.31. The third kappa shape index (κ3) is 3.47. The first kappa shape index (κ1) is 21.9. The van der Waals surface area contributed by atoms with E-state index in [0.717, 1.165) is 46.6 Å². The van der Waals surface area contributed by atoms with Crippen LogP contribution in [0.5, 0.6) is 0 Å². The molecule has 3 aromatic heterocycles. The van der Waals surface area contributed by atoms with Crippen LogP contribution in [-0.2, 0) is 12.8 Å². The molecule has 0 aliphatic carbocycles. The normalized spacial score (nSPS) is 12.9. The highest BCUT2D eigenvalue weighted by atomic mass is 16.3. The first-order valence-electron chi connectivity index (χ1n) is 13.2. The number of rotatable bonds is 3. The van der Waals surface area contributed by atoms with Crippen molar-refractivity contribution in [2.75, 3.05) is 4.90 Å². The summed E-state index contributed by atoms with van der Waals surface area (Å²) in [7, 11) is 0. The number of hydrogen-bond acceptors (Lipinski definition) is 4. The second kappa shape index (κ2) is 8.71. The number of oxazole rings is 1. The van der Waals surface area contributed by atoms with Gasteiger partial charge in [-0.15, -0.1) is 0 Å². The van der Waals surface area contributed by atoms with E-state index in [2.05, 4.69) is 105 Å². The molecular formula is C34H24N4O. The predicted molar refractivity (Wildman–Crippen MR) is 156 cm³/mol. The Morgan fingerprint density at radius 2 is 1.44 bits per heavy atom. The van der Waals surface area contributed by atoms with E-state index in [1.807, 2.05) is 18.3 Å². The molecule has 0 atom stereocenters. The summed E-state index contributed by atoms with van der Waals surface area (Å²) in [6.45, 7) is 0. The SMILES string of the molecule is c1ccc(-n2c3ccccc3c3ccc(N4c5ccccc5CCc5ccc(-c6ncco6)cc54)cc32)nc1. The van der Waals surface area contributed by atoms with Gasteiger partial charge in [-0.3, -0.25) is 4.57 Å². The number of aromatic nitrogens is 3. The molecule has 1 aliphatic heterocycles. The van der Waals surface area contributed by atoms with Gasteiger partial charge in [-0.2, -0.15) is 0 Å². The number of pyridine rings is 1. The Bertz CT molecular complexity index is 1970. The van der Waals surface area contributed by atoms with Crippen molar-refractivity contribution in [2.45, 2.75) is 12.8 Å². The van der Waals surface area contributed by atoms with Crippen LogP contribution in [0.2, 0.25) is 0 Å². The van der Waals surface area contributed by atoms with E-state index in [0.29, 0.717) is 5.89 Å². The number of nitrogens with zero attached hydrogens (tertiary/aromatic N) is 4. The molecule has 0 radical (unpaired) electrons. The van der Waals surface area contributed by atoms with Crippen LogP contribution >= 0.6 is 0 Å². The van der Waals surface area contributed by atoms with Gasteiger partial charge in [0.05, 0.1) is 22.9 Å². The molecule has 0 bridgehead atoms. The lowest BCUT2D eigenvalue weighted by molar-refractivity contribution is 0.574. The molecule has 0 spiro atoms. The Morgan fingerprint density at radius 1 is 0.615 bits per heavy atom. The van der Waals surface area contributed by atoms with E-state index in [1.54, 1.807) is 12.5 Å². The number of para-hydroxylation sites is 2. The van der Waals surface area contributed by atoms with Gasteiger partial charge in [-0.05, 0) is 72.5 Å². The van der Waals surface area contributed by atoms with Gasteiger partial charge in [-0.25, -0.2) is 9.97 Å². The van der Waals surface area contributed by atoms with Crippen molar-refractivity contribution >= 4 is 38.9 Å². The molecule has 0 saturated heterocycles. The van der Waals surface area contributed by atoms with Crippen molar-refractivity contribution in [1.29, 1.82) is 0 Å². The van der Waals surface area contributed by atoms with Gasteiger partial charge in [0.2, 0.25) is 5.89 Å². The maximum atomic E-state index is 5.67. The van der Waals surface area contributed by atoms with Crippen LogP contribution in [0.3, 0.4) is 0 Å².